The van der Waals surface area contributed by atoms with E-state index in [1.54, 1.807) is 10.7 Å². The molecule has 0 bridgehead atoms. The Hall–Kier alpha value is -1.11. The van der Waals surface area contributed by atoms with Gasteiger partial charge in [-0.25, -0.2) is 4.98 Å². The lowest BCUT2D eigenvalue weighted by Crippen LogP contribution is -2.36. The molecule has 1 aromatic heterocycles. The summed E-state index contributed by atoms with van der Waals surface area (Å²) in [5, 5.41) is 3.27. The molecular formula is C6H5F3N2OS. The van der Waals surface area contributed by atoms with E-state index in [9.17, 15) is 18.0 Å². The number of carbonyl (C=O) groups is 1. The minimum absolute atomic E-state index is 0.193. The maximum Gasteiger partial charge on any atom is 0.471 e. The molecule has 13 heavy (non-hydrogen) atoms. The van der Waals surface area contributed by atoms with Crippen LogP contribution in [0.2, 0.25) is 0 Å². The Bertz CT molecular complexity index is 283. The number of hydrogen-bond donors (Lipinski definition) is 1. The number of nitrogens with one attached hydrogen (secondary N) is 1. The Morgan fingerprint density at radius 3 is 2.77 bits per heavy atom. The molecule has 0 saturated carbocycles. The third-order valence-corrected chi connectivity index (χ3v) is 1.81. The second kappa shape index (κ2) is 3.73. The van der Waals surface area contributed by atoms with Crippen LogP contribution < -0.4 is 5.32 Å². The molecule has 0 spiro atoms. The van der Waals surface area contributed by atoms with Crippen LogP contribution in [0.25, 0.3) is 0 Å². The summed E-state index contributed by atoms with van der Waals surface area (Å²) >= 11 is 1.26. The van der Waals surface area contributed by atoms with Crippen LogP contribution in [0.15, 0.2) is 10.9 Å². The molecular weight excluding hydrogens is 205 g/mol. The molecule has 0 unspecified atom stereocenters. The van der Waals surface area contributed by atoms with Gasteiger partial charge in [0.2, 0.25) is 0 Å². The fourth-order valence-electron chi connectivity index (χ4n) is 0.596. The average Bonchev–Trinajstić information content (AvgIpc) is 2.50. The second-order valence-corrected chi connectivity index (χ2v) is 2.88. The highest BCUT2D eigenvalue weighted by Gasteiger charge is 2.38. The summed E-state index contributed by atoms with van der Waals surface area (Å²) in [6.07, 6.45) is -4.82. The van der Waals surface area contributed by atoms with Gasteiger partial charge in [-0.2, -0.15) is 13.2 Å². The van der Waals surface area contributed by atoms with Crippen LogP contribution >= 0.6 is 11.3 Å². The van der Waals surface area contributed by atoms with Crippen molar-refractivity contribution in [2.45, 2.75) is 12.7 Å². The lowest BCUT2D eigenvalue weighted by Gasteiger charge is -2.05. The lowest BCUT2D eigenvalue weighted by molar-refractivity contribution is -0.173. The smallest absolute Gasteiger partial charge is 0.343 e. The Balaban J connectivity index is 2.40. The molecule has 72 valence electrons. The van der Waals surface area contributed by atoms with E-state index in [4.69, 9.17) is 0 Å². The Labute approximate surface area is 75.6 Å². The van der Waals surface area contributed by atoms with Gasteiger partial charge in [0.15, 0.2) is 0 Å². The fourth-order valence-corrected chi connectivity index (χ4v) is 1.15. The van der Waals surface area contributed by atoms with Gasteiger partial charge in [0.25, 0.3) is 0 Å². The predicted molar refractivity (Wildman–Crippen MR) is 40.0 cm³/mol. The zero-order valence-corrected chi connectivity index (χ0v) is 7.08. The average molecular weight is 210 g/mol. The van der Waals surface area contributed by atoms with E-state index < -0.39 is 12.1 Å². The number of amides is 1. The third-order valence-electron chi connectivity index (χ3n) is 1.17. The zero-order chi connectivity index (χ0) is 9.90. The quantitative estimate of drug-likeness (QED) is 0.799. The van der Waals surface area contributed by atoms with E-state index in [1.807, 2.05) is 0 Å². The summed E-state index contributed by atoms with van der Waals surface area (Å²) in [5.41, 5.74) is 1.90. The molecule has 1 amide bonds. The van der Waals surface area contributed by atoms with Crippen LogP contribution in [0.5, 0.6) is 0 Å². The number of carbonyl (C=O) groups excluding carboxylic acids is 1. The van der Waals surface area contributed by atoms with Crippen molar-refractivity contribution in [1.82, 2.24) is 10.3 Å². The minimum Gasteiger partial charge on any atom is -0.343 e. The molecule has 0 aliphatic rings. The molecule has 3 nitrogen and oxygen atoms in total. The number of hydrogen-bond acceptors (Lipinski definition) is 3. The van der Waals surface area contributed by atoms with Crippen LogP contribution in [0.1, 0.15) is 5.69 Å². The summed E-state index contributed by atoms with van der Waals surface area (Å²) in [6.45, 7) is -0.193. The van der Waals surface area contributed by atoms with Crippen LogP contribution in [0.4, 0.5) is 13.2 Å². The van der Waals surface area contributed by atoms with Crippen LogP contribution in [0, 0.1) is 0 Å². The van der Waals surface area contributed by atoms with Crippen molar-refractivity contribution in [1.29, 1.82) is 0 Å². The summed E-state index contributed by atoms with van der Waals surface area (Å²) in [4.78, 5) is 14.0. The molecule has 1 heterocycles. The molecule has 7 heteroatoms. The monoisotopic (exact) mass is 210 g/mol. The molecule has 0 aliphatic carbocycles. The van der Waals surface area contributed by atoms with E-state index in [2.05, 4.69) is 4.98 Å². The molecule has 1 rings (SSSR count). The summed E-state index contributed by atoms with van der Waals surface area (Å²) in [5.74, 6) is -1.94. The highest BCUT2D eigenvalue weighted by molar-refractivity contribution is 7.07. The van der Waals surface area contributed by atoms with Crippen molar-refractivity contribution in [3.63, 3.8) is 0 Å². The van der Waals surface area contributed by atoms with E-state index in [-0.39, 0.29) is 6.54 Å². The maximum absolute atomic E-state index is 11.6. The second-order valence-electron chi connectivity index (χ2n) is 2.16. The fraction of sp³-hybridized carbons (Fsp3) is 0.333. The standard InChI is InChI=1S/C6H5F3N2OS/c7-6(8,9)5(12)10-1-4-2-13-3-11-4/h2-3H,1H2,(H,10,12). The van der Waals surface area contributed by atoms with Gasteiger partial charge in [0, 0.05) is 5.38 Å². The van der Waals surface area contributed by atoms with Gasteiger partial charge in [0.05, 0.1) is 17.7 Å². The SMILES string of the molecule is O=C(NCc1cscn1)C(F)(F)F. The zero-order valence-electron chi connectivity index (χ0n) is 6.26. The molecule has 0 atom stereocenters. The summed E-state index contributed by atoms with van der Waals surface area (Å²) in [7, 11) is 0. The summed E-state index contributed by atoms with van der Waals surface area (Å²) in [6, 6.07) is 0. The highest BCUT2D eigenvalue weighted by atomic mass is 32.1. The van der Waals surface area contributed by atoms with Gasteiger partial charge < -0.3 is 5.32 Å². The predicted octanol–water partition coefficient (Wildman–Crippen LogP) is 1.32. The number of rotatable bonds is 2. The first-order chi connectivity index (χ1) is 6.00. The lowest BCUT2D eigenvalue weighted by atomic mass is 10.4. The Morgan fingerprint density at radius 2 is 2.31 bits per heavy atom. The Morgan fingerprint density at radius 1 is 1.62 bits per heavy atom. The number of nitrogens with zero attached hydrogens (tertiary/aromatic N) is 1. The van der Waals surface area contributed by atoms with Crippen LogP contribution in [0.3, 0.4) is 0 Å². The number of aromatic nitrogens is 1. The van der Waals surface area contributed by atoms with Gasteiger partial charge in [-0.05, 0) is 0 Å². The van der Waals surface area contributed by atoms with E-state index in [0.717, 1.165) is 0 Å². The van der Waals surface area contributed by atoms with Gasteiger partial charge in [-0.15, -0.1) is 11.3 Å². The van der Waals surface area contributed by atoms with Gasteiger partial charge in [0.1, 0.15) is 0 Å². The number of alkyl halides is 3. The highest BCUT2D eigenvalue weighted by Crippen LogP contribution is 2.14. The normalized spacial score (nSPS) is 11.3. The Kier molecular flexibility index (Phi) is 2.86. The van der Waals surface area contributed by atoms with Crippen molar-refractivity contribution < 1.29 is 18.0 Å². The first-order valence-corrected chi connectivity index (χ1v) is 4.16. The third kappa shape index (κ3) is 3.02. The van der Waals surface area contributed by atoms with E-state index >= 15 is 0 Å². The van der Waals surface area contributed by atoms with E-state index in [1.165, 1.54) is 16.8 Å². The van der Waals surface area contributed by atoms with E-state index in [0.29, 0.717) is 5.69 Å². The van der Waals surface area contributed by atoms with Crippen molar-refractivity contribution in [3.05, 3.63) is 16.6 Å². The van der Waals surface area contributed by atoms with Gasteiger partial charge in [-0.1, -0.05) is 0 Å². The van der Waals surface area contributed by atoms with Crippen molar-refractivity contribution in [2.75, 3.05) is 0 Å². The molecule has 0 aliphatic heterocycles. The van der Waals surface area contributed by atoms with Crippen LogP contribution in [-0.2, 0) is 11.3 Å². The topological polar surface area (TPSA) is 42.0 Å². The van der Waals surface area contributed by atoms with Gasteiger partial charge >= 0.3 is 12.1 Å². The molecule has 0 saturated heterocycles. The first kappa shape index (κ1) is 9.97. The molecule has 1 aromatic rings. The van der Waals surface area contributed by atoms with Crippen molar-refractivity contribution in [2.24, 2.45) is 0 Å². The molecule has 1 N–H and O–H groups in total. The first-order valence-electron chi connectivity index (χ1n) is 3.22. The van der Waals surface area contributed by atoms with Crippen LogP contribution in [-0.4, -0.2) is 17.1 Å². The number of halogens is 3. The largest absolute Gasteiger partial charge is 0.471 e. The molecule has 0 radical (unpaired) electrons. The molecule has 0 aromatic carbocycles. The van der Waals surface area contributed by atoms with Crippen molar-refractivity contribution >= 4 is 17.2 Å². The summed E-state index contributed by atoms with van der Waals surface area (Å²) < 4.78 is 34.9. The maximum atomic E-state index is 11.6. The number of thiazole rings is 1. The van der Waals surface area contributed by atoms with Crippen molar-refractivity contribution in [3.8, 4) is 0 Å². The van der Waals surface area contributed by atoms with Gasteiger partial charge in [-0.3, -0.25) is 4.79 Å². The minimum atomic E-state index is -4.82. The molecule has 0 fully saturated rings.